The normalized spacial score (nSPS) is 11.8. The number of benzene rings is 1. The van der Waals surface area contributed by atoms with E-state index < -0.39 is 11.7 Å². The summed E-state index contributed by atoms with van der Waals surface area (Å²) >= 11 is 5.55. The highest BCUT2D eigenvalue weighted by molar-refractivity contribution is 6.31. The molecule has 0 aliphatic heterocycles. The highest BCUT2D eigenvalue weighted by Crippen LogP contribution is 2.36. The Bertz CT molecular complexity index is 515. The van der Waals surface area contributed by atoms with Crippen molar-refractivity contribution in [2.75, 3.05) is 25.0 Å². The van der Waals surface area contributed by atoms with Gasteiger partial charge >= 0.3 is 6.18 Å². The van der Waals surface area contributed by atoms with E-state index in [1.165, 1.54) is 6.07 Å². The van der Waals surface area contributed by atoms with Crippen LogP contribution in [0.4, 0.5) is 18.9 Å². The van der Waals surface area contributed by atoms with Gasteiger partial charge < -0.3 is 10.2 Å². The molecule has 130 valence electrons. The van der Waals surface area contributed by atoms with Gasteiger partial charge in [0.25, 0.3) is 0 Å². The van der Waals surface area contributed by atoms with Crippen molar-refractivity contribution < 1.29 is 18.0 Å². The zero-order valence-corrected chi connectivity index (χ0v) is 14.1. The summed E-state index contributed by atoms with van der Waals surface area (Å²) in [5.74, 6) is -0.308. The van der Waals surface area contributed by atoms with E-state index in [1.807, 2.05) is 0 Å². The molecule has 7 heteroatoms. The molecule has 0 fully saturated rings. The van der Waals surface area contributed by atoms with Crippen LogP contribution in [0, 0.1) is 0 Å². The molecule has 0 atom stereocenters. The largest absolute Gasteiger partial charge is 0.417 e. The third-order valence-electron chi connectivity index (χ3n) is 3.29. The van der Waals surface area contributed by atoms with Crippen molar-refractivity contribution in [1.29, 1.82) is 0 Å². The van der Waals surface area contributed by atoms with E-state index in [-0.39, 0.29) is 23.0 Å². The van der Waals surface area contributed by atoms with Crippen LogP contribution in [0.2, 0.25) is 5.02 Å². The molecule has 1 amide bonds. The van der Waals surface area contributed by atoms with Crippen LogP contribution in [-0.2, 0) is 11.0 Å². The summed E-state index contributed by atoms with van der Waals surface area (Å²) in [7, 11) is 0. The first-order valence-electron chi connectivity index (χ1n) is 7.66. The SMILES string of the molecule is CCCN(CCC)CCC(=O)Nc1ccc(Cl)c(C(F)(F)F)c1. The smallest absolute Gasteiger partial charge is 0.326 e. The predicted molar refractivity (Wildman–Crippen MR) is 86.7 cm³/mol. The first-order valence-corrected chi connectivity index (χ1v) is 8.04. The number of rotatable bonds is 8. The maximum absolute atomic E-state index is 12.8. The Morgan fingerprint density at radius 1 is 1.17 bits per heavy atom. The van der Waals surface area contributed by atoms with E-state index in [0.717, 1.165) is 38.1 Å². The van der Waals surface area contributed by atoms with Crippen molar-refractivity contribution >= 4 is 23.2 Å². The number of nitrogens with zero attached hydrogens (tertiary/aromatic N) is 1. The maximum atomic E-state index is 12.8. The Balaban J connectivity index is 2.64. The van der Waals surface area contributed by atoms with E-state index in [9.17, 15) is 18.0 Å². The van der Waals surface area contributed by atoms with Gasteiger partial charge in [0.1, 0.15) is 0 Å². The minimum Gasteiger partial charge on any atom is -0.326 e. The van der Waals surface area contributed by atoms with Crippen LogP contribution in [0.3, 0.4) is 0 Å². The molecule has 0 unspecified atom stereocenters. The number of hydrogen-bond donors (Lipinski definition) is 1. The lowest BCUT2D eigenvalue weighted by molar-refractivity contribution is -0.137. The Morgan fingerprint density at radius 3 is 2.30 bits per heavy atom. The second-order valence-electron chi connectivity index (χ2n) is 5.33. The van der Waals surface area contributed by atoms with Gasteiger partial charge in [0, 0.05) is 18.7 Å². The van der Waals surface area contributed by atoms with Crippen LogP contribution >= 0.6 is 11.6 Å². The molecule has 0 saturated heterocycles. The van der Waals surface area contributed by atoms with Crippen molar-refractivity contribution in [3.63, 3.8) is 0 Å². The van der Waals surface area contributed by atoms with Gasteiger partial charge in [-0.3, -0.25) is 4.79 Å². The summed E-state index contributed by atoms with van der Waals surface area (Å²) in [4.78, 5) is 14.1. The molecule has 1 aromatic carbocycles. The zero-order valence-electron chi connectivity index (χ0n) is 13.3. The molecular weight excluding hydrogens is 329 g/mol. The molecule has 0 heterocycles. The summed E-state index contributed by atoms with van der Waals surface area (Å²) in [5, 5.41) is 2.12. The fourth-order valence-electron chi connectivity index (χ4n) is 2.27. The number of halogens is 4. The lowest BCUT2D eigenvalue weighted by Crippen LogP contribution is -2.29. The molecule has 0 saturated carbocycles. The van der Waals surface area contributed by atoms with Crippen molar-refractivity contribution in [2.45, 2.75) is 39.3 Å². The van der Waals surface area contributed by atoms with Gasteiger partial charge in [0.15, 0.2) is 0 Å². The molecule has 3 nitrogen and oxygen atoms in total. The Kier molecular flexibility index (Phi) is 7.85. The standard InChI is InChI=1S/C16H22ClF3N2O/c1-3-8-22(9-4-2)10-7-15(23)21-12-5-6-14(17)13(11-12)16(18,19)20/h5-6,11H,3-4,7-10H2,1-2H3,(H,21,23). The average molecular weight is 351 g/mol. The van der Waals surface area contributed by atoms with E-state index in [2.05, 4.69) is 24.1 Å². The second kappa shape index (κ2) is 9.13. The van der Waals surface area contributed by atoms with Crippen LogP contribution in [-0.4, -0.2) is 30.4 Å². The van der Waals surface area contributed by atoms with Gasteiger partial charge in [-0.2, -0.15) is 13.2 Å². The molecule has 0 radical (unpaired) electrons. The average Bonchev–Trinajstić information content (AvgIpc) is 2.46. The fraction of sp³-hybridized carbons (Fsp3) is 0.562. The molecular formula is C16H22ClF3N2O. The minimum absolute atomic E-state index is 0.101. The quantitative estimate of drug-likeness (QED) is 0.729. The highest BCUT2D eigenvalue weighted by Gasteiger charge is 2.33. The monoisotopic (exact) mass is 350 g/mol. The Morgan fingerprint density at radius 2 is 1.78 bits per heavy atom. The lowest BCUT2D eigenvalue weighted by atomic mass is 10.2. The number of carbonyl (C=O) groups excluding carboxylic acids is 1. The molecule has 0 aliphatic carbocycles. The lowest BCUT2D eigenvalue weighted by Gasteiger charge is -2.20. The summed E-state index contributed by atoms with van der Waals surface area (Å²) in [5.41, 5.74) is -0.847. The molecule has 0 aliphatic rings. The summed E-state index contributed by atoms with van der Waals surface area (Å²) in [6, 6.07) is 3.36. The third kappa shape index (κ3) is 6.79. The van der Waals surface area contributed by atoms with Crippen LogP contribution in [0.5, 0.6) is 0 Å². The summed E-state index contributed by atoms with van der Waals surface area (Å²) in [6.45, 7) is 6.53. The van der Waals surface area contributed by atoms with Gasteiger partial charge in [-0.05, 0) is 44.1 Å². The molecule has 1 rings (SSSR count). The number of anilines is 1. The van der Waals surface area contributed by atoms with Gasteiger partial charge in [0.2, 0.25) is 5.91 Å². The number of hydrogen-bond acceptors (Lipinski definition) is 2. The number of amides is 1. The topological polar surface area (TPSA) is 32.3 Å². The highest BCUT2D eigenvalue weighted by atomic mass is 35.5. The van der Waals surface area contributed by atoms with Crippen molar-refractivity contribution in [3.05, 3.63) is 28.8 Å². The third-order valence-corrected chi connectivity index (χ3v) is 3.62. The van der Waals surface area contributed by atoms with Crippen molar-refractivity contribution in [1.82, 2.24) is 4.90 Å². The summed E-state index contributed by atoms with van der Waals surface area (Å²) in [6.07, 6.45) is -2.32. The number of alkyl halides is 3. The molecule has 1 aromatic rings. The molecule has 23 heavy (non-hydrogen) atoms. The number of carbonyl (C=O) groups is 1. The first kappa shape index (κ1) is 19.8. The minimum atomic E-state index is -4.54. The van der Waals surface area contributed by atoms with Crippen LogP contribution in [0.1, 0.15) is 38.7 Å². The van der Waals surface area contributed by atoms with Crippen molar-refractivity contribution in [3.8, 4) is 0 Å². The van der Waals surface area contributed by atoms with Gasteiger partial charge in [0.05, 0.1) is 10.6 Å². The Hall–Kier alpha value is -1.27. The van der Waals surface area contributed by atoms with Gasteiger partial charge in [-0.1, -0.05) is 25.4 Å². The first-order chi connectivity index (χ1) is 10.8. The second-order valence-corrected chi connectivity index (χ2v) is 5.74. The van der Waals surface area contributed by atoms with Crippen LogP contribution in [0.15, 0.2) is 18.2 Å². The van der Waals surface area contributed by atoms with E-state index in [4.69, 9.17) is 11.6 Å². The number of nitrogens with one attached hydrogen (secondary N) is 1. The van der Waals surface area contributed by atoms with E-state index in [1.54, 1.807) is 0 Å². The molecule has 0 aromatic heterocycles. The fourth-order valence-corrected chi connectivity index (χ4v) is 2.50. The predicted octanol–water partition coefficient (Wildman–Crippen LogP) is 4.81. The Labute approximate surface area is 139 Å². The zero-order chi connectivity index (χ0) is 17.5. The van der Waals surface area contributed by atoms with E-state index >= 15 is 0 Å². The van der Waals surface area contributed by atoms with Crippen LogP contribution < -0.4 is 5.32 Å². The van der Waals surface area contributed by atoms with E-state index in [0.29, 0.717) is 6.54 Å². The van der Waals surface area contributed by atoms with Crippen molar-refractivity contribution in [2.24, 2.45) is 0 Å². The van der Waals surface area contributed by atoms with Gasteiger partial charge in [-0.25, -0.2) is 0 Å². The van der Waals surface area contributed by atoms with Crippen LogP contribution in [0.25, 0.3) is 0 Å². The molecule has 0 spiro atoms. The maximum Gasteiger partial charge on any atom is 0.417 e. The summed E-state index contributed by atoms with van der Waals surface area (Å²) < 4.78 is 38.4. The van der Waals surface area contributed by atoms with Gasteiger partial charge in [-0.15, -0.1) is 0 Å². The molecule has 1 N–H and O–H groups in total. The molecule has 0 bridgehead atoms.